The maximum atomic E-state index is 13.0. The maximum absolute atomic E-state index is 13.0. The number of rotatable bonds is 3. The van der Waals surface area contributed by atoms with Crippen LogP contribution in [-0.2, 0) is 0 Å². The van der Waals surface area contributed by atoms with Crippen LogP contribution < -0.4 is 4.74 Å². The summed E-state index contributed by atoms with van der Waals surface area (Å²) in [6.07, 6.45) is 0. The Labute approximate surface area is 90.2 Å². The molecule has 1 aromatic rings. The largest absolute Gasteiger partial charge is 0.497 e. The highest BCUT2D eigenvalue weighted by atomic mass is 79.9. The predicted octanol–water partition coefficient (Wildman–Crippen LogP) is 2.80. The molecule has 76 valence electrons. The lowest BCUT2D eigenvalue weighted by atomic mass is 10.1. The first-order valence-electron chi connectivity index (χ1n) is 4.07. The van der Waals surface area contributed by atoms with Gasteiger partial charge in [0, 0.05) is 11.6 Å². The molecule has 1 aromatic carbocycles. The molecule has 0 spiro atoms. The number of ether oxygens (including phenoxy) is 1. The molecular weight excluding hydrogens is 251 g/mol. The van der Waals surface area contributed by atoms with E-state index in [9.17, 15) is 9.18 Å². The fourth-order valence-corrected chi connectivity index (χ4v) is 1.32. The molecule has 14 heavy (non-hydrogen) atoms. The van der Waals surface area contributed by atoms with Crippen LogP contribution >= 0.6 is 15.9 Å². The normalized spacial score (nSPS) is 12.3. The van der Waals surface area contributed by atoms with Gasteiger partial charge in [0.2, 0.25) is 0 Å². The van der Waals surface area contributed by atoms with E-state index in [1.54, 1.807) is 6.92 Å². The highest BCUT2D eigenvalue weighted by molar-refractivity contribution is 9.10. The van der Waals surface area contributed by atoms with Crippen molar-refractivity contribution in [1.82, 2.24) is 0 Å². The number of carbonyl (C=O) groups excluding carboxylic acids is 1. The van der Waals surface area contributed by atoms with E-state index in [0.29, 0.717) is 11.3 Å². The summed E-state index contributed by atoms with van der Waals surface area (Å²) in [7, 11) is 1.43. The lowest BCUT2D eigenvalue weighted by Crippen LogP contribution is -2.10. The number of hydrogen-bond acceptors (Lipinski definition) is 2. The van der Waals surface area contributed by atoms with Crippen molar-refractivity contribution < 1.29 is 13.9 Å². The van der Waals surface area contributed by atoms with Gasteiger partial charge in [-0.2, -0.15) is 0 Å². The van der Waals surface area contributed by atoms with Gasteiger partial charge >= 0.3 is 0 Å². The second-order valence-corrected chi connectivity index (χ2v) is 4.23. The van der Waals surface area contributed by atoms with Crippen LogP contribution in [0.5, 0.6) is 5.75 Å². The van der Waals surface area contributed by atoms with E-state index in [2.05, 4.69) is 15.9 Å². The van der Waals surface area contributed by atoms with Crippen LogP contribution in [0.2, 0.25) is 0 Å². The fraction of sp³-hybridized carbons (Fsp3) is 0.300. The zero-order chi connectivity index (χ0) is 10.7. The van der Waals surface area contributed by atoms with Gasteiger partial charge < -0.3 is 4.74 Å². The molecule has 0 saturated carbocycles. The molecular formula is C10H10BrFO2. The zero-order valence-electron chi connectivity index (χ0n) is 7.88. The molecule has 1 unspecified atom stereocenters. The zero-order valence-corrected chi connectivity index (χ0v) is 9.47. The number of alkyl halides is 1. The van der Waals surface area contributed by atoms with E-state index < -0.39 is 5.82 Å². The minimum atomic E-state index is -0.471. The Morgan fingerprint density at radius 1 is 1.50 bits per heavy atom. The van der Waals surface area contributed by atoms with Gasteiger partial charge in [0.1, 0.15) is 11.6 Å². The van der Waals surface area contributed by atoms with Gasteiger partial charge in [0.05, 0.1) is 11.9 Å². The van der Waals surface area contributed by atoms with E-state index in [1.165, 1.54) is 25.3 Å². The molecule has 4 heteroatoms. The molecule has 0 saturated heterocycles. The van der Waals surface area contributed by atoms with Gasteiger partial charge in [-0.1, -0.05) is 15.9 Å². The first-order valence-corrected chi connectivity index (χ1v) is 4.99. The summed E-state index contributed by atoms with van der Waals surface area (Å²) < 4.78 is 17.8. The van der Waals surface area contributed by atoms with E-state index in [-0.39, 0.29) is 10.6 Å². The molecule has 0 amide bonds. The van der Waals surface area contributed by atoms with Crippen molar-refractivity contribution in [3.05, 3.63) is 29.6 Å². The molecule has 1 rings (SSSR count). The molecule has 0 bridgehead atoms. The van der Waals surface area contributed by atoms with Crippen molar-refractivity contribution in [2.45, 2.75) is 11.8 Å². The number of benzene rings is 1. The Bertz CT molecular complexity index is 350. The molecule has 0 aliphatic rings. The smallest absolute Gasteiger partial charge is 0.176 e. The van der Waals surface area contributed by atoms with Crippen LogP contribution in [0, 0.1) is 5.82 Å². The highest BCUT2D eigenvalue weighted by Crippen LogP contribution is 2.18. The monoisotopic (exact) mass is 260 g/mol. The molecule has 2 nitrogen and oxygen atoms in total. The third-order valence-corrected chi connectivity index (χ3v) is 2.17. The Morgan fingerprint density at radius 2 is 2.14 bits per heavy atom. The van der Waals surface area contributed by atoms with Gasteiger partial charge in [-0.25, -0.2) is 4.39 Å². The summed E-state index contributed by atoms with van der Waals surface area (Å²) in [5, 5.41) is 0. The van der Waals surface area contributed by atoms with Gasteiger partial charge in [-0.05, 0) is 19.1 Å². The number of methoxy groups -OCH3 is 1. The van der Waals surface area contributed by atoms with Crippen molar-refractivity contribution >= 4 is 21.7 Å². The molecule has 0 heterocycles. The van der Waals surface area contributed by atoms with Crippen molar-refractivity contribution in [2.24, 2.45) is 0 Å². The van der Waals surface area contributed by atoms with Crippen LogP contribution in [0.1, 0.15) is 17.3 Å². The van der Waals surface area contributed by atoms with E-state index >= 15 is 0 Å². The number of Topliss-reactive ketones (excluding diaryl/α,β-unsaturated/α-hetero) is 1. The average Bonchev–Trinajstić information content (AvgIpc) is 2.15. The predicted molar refractivity (Wildman–Crippen MR) is 55.7 cm³/mol. The Kier molecular flexibility index (Phi) is 3.63. The van der Waals surface area contributed by atoms with E-state index in [4.69, 9.17) is 4.74 Å². The van der Waals surface area contributed by atoms with E-state index in [0.717, 1.165) is 0 Å². The van der Waals surface area contributed by atoms with Crippen molar-refractivity contribution in [3.8, 4) is 5.75 Å². The first-order chi connectivity index (χ1) is 6.54. The summed E-state index contributed by atoms with van der Waals surface area (Å²) >= 11 is 3.13. The maximum Gasteiger partial charge on any atom is 0.176 e. The Hall–Kier alpha value is -0.900. The standard InChI is InChI=1S/C10H10BrFO2/c1-6(11)10(13)7-3-8(12)5-9(4-7)14-2/h3-6H,1-2H3. The van der Waals surface area contributed by atoms with Crippen LogP contribution in [0.4, 0.5) is 4.39 Å². The summed E-state index contributed by atoms with van der Waals surface area (Å²) in [6, 6.07) is 3.95. The van der Waals surface area contributed by atoms with Crippen LogP contribution in [0.25, 0.3) is 0 Å². The summed E-state index contributed by atoms with van der Waals surface area (Å²) in [5.74, 6) is -0.287. The topological polar surface area (TPSA) is 26.3 Å². The molecule has 0 aliphatic carbocycles. The molecule has 0 radical (unpaired) electrons. The fourth-order valence-electron chi connectivity index (χ4n) is 1.05. The molecule has 0 aromatic heterocycles. The number of hydrogen-bond donors (Lipinski definition) is 0. The van der Waals surface area contributed by atoms with Gasteiger partial charge in [-0.3, -0.25) is 4.79 Å². The van der Waals surface area contributed by atoms with Crippen molar-refractivity contribution in [1.29, 1.82) is 0 Å². The van der Waals surface area contributed by atoms with Crippen molar-refractivity contribution in [3.63, 3.8) is 0 Å². The van der Waals surface area contributed by atoms with Gasteiger partial charge in [0.15, 0.2) is 5.78 Å². The van der Waals surface area contributed by atoms with Crippen LogP contribution in [0.15, 0.2) is 18.2 Å². The quantitative estimate of drug-likeness (QED) is 0.617. The first kappa shape index (κ1) is 11.2. The lowest BCUT2D eigenvalue weighted by molar-refractivity contribution is 0.0995. The number of halogens is 2. The van der Waals surface area contributed by atoms with Gasteiger partial charge in [-0.15, -0.1) is 0 Å². The second kappa shape index (κ2) is 4.55. The molecule has 0 fully saturated rings. The average molecular weight is 261 g/mol. The third kappa shape index (κ3) is 2.54. The highest BCUT2D eigenvalue weighted by Gasteiger charge is 2.13. The minimum Gasteiger partial charge on any atom is -0.497 e. The molecule has 1 atom stereocenters. The SMILES string of the molecule is COc1cc(F)cc(C(=O)C(C)Br)c1. The third-order valence-electron chi connectivity index (χ3n) is 1.75. The van der Waals surface area contributed by atoms with E-state index in [1.807, 2.05) is 0 Å². The summed E-state index contributed by atoms with van der Waals surface area (Å²) in [5.41, 5.74) is 0.311. The molecule has 0 N–H and O–H groups in total. The number of ketones is 1. The summed E-state index contributed by atoms with van der Waals surface area (Å²) in [6.45, 7) is 1.69. The summed E-state index contributed by atoms with van der Waals surface area (Å²) in [4.78, 5) is 11.2. The Balaban J connectivity index is 3.09. The van der Waals surface area contributed by atoms with Crippen LogP contribution in [-0.4, -0.2) is 17.7 Å². The number of carbonyl (C=O) groups is 1. The lowest BCUT2D eigenvalue weighted by Gasteiger charge is -2.05. The second-order valence-electron chi connectivity index (χ2n) is 2.86. The molecule has 0 aliphatic heterocycles. The Morgan fingerprint density at radius 3 is 2.64 bits per heavy atom. The van der Waals surface area contributed by atoms with Gasteiger partial charge in [0.25, 0.3) is 0 Å². The van der Waals surface area contributed by atoms with Crippen molar-refractivity contribution in [2.75, 3.05) is 7.11 Å². The van der Waals surface area contributed by atoms with Crippen LogP contribution in [0.3, 0.4) is 0 Å². The minimum absolute atomic E-state index is 0.164.